The summed E-state index contributed by atoms with van der Waals surface area (Å²) in [5.41, 5.74) is 0. The lowest BCUT2D eigenvalue weighted by Gasteiger charge is -2.22. The number of unbranched alkanes of at least 4 members (excludes halogenated alkanes) is 28. The molecule has 0 heterocycles. The maximum Gasteiger partial charge on any atom is 0.180 e. The fourth-order valence-corrected chi connectivity index (χ4v) is 6.09. The summed E-state index contributed by atoms with van der Waals surface area (Å²) in [6, 6.07) is 0. The Balaban J connectivity index is 4.70. The standard InChI is InChI=1S/C44H82O5/c1-3-5-7-29-35-41-47-43(37-31-25-21-17-13-9-11-15-19-23-27-33-39-45)49-44(48-42-36-30-8-6-4-2)38-32-26-22-18-14-10-12-16-20-24-28-34-40-46/h31-32,37-40,43-44H,3-30,33-36,41-42H2,1-2H3. The predicted octanol–water partition coefficient (Wildman–Crippen LogP) is 13.7. The first-order chi connectivity index (χ1) is 24.3. The van der Waals surface area contributed by atoms with Crippen molar-refractivity contribution in [1.82, 2.24) is 0 Å². The molecule has 0 aliphatic carbocycles. The fraction of sp³-hybridized carbons (Fsp3) is 0.864. The third-order valence-corrected chi connectivity index (χ3v) is 9.30. The van der Waals surface area contributed by atoms with E-state index in [0.717, 1.165) is 77.2 Å². The molecule has 0 aliphatic heterocycles. The lowest BCUT2D eigenvalue weighted by Crippen LogP contribution is -2.25. The van der Waals surface area contributed by atoms with Crippen LogP contribution in [0.1, 0.15) is 219 Å². The normalized spacial score (nSPS) is 13.1. The van der Waals surface area contributed by atoms with Crippen LogP contribution < -0.4 is 0 Å². The van der Waals surface area contributed by atoms with Crippen LogP contribution in [0.2, 0.25) is 0 Å². The summed E-state index contributed by atoms with van der Waals surface area (Å²) >= 11 is 0. The molecule has 0 saturated carbocycles. The largest absolute Gasteiger partial charge is 0.349 e. The van der Waals surface area contributed by atoms with Gasteiger partial charge in [0.25, 0.3) is 0 Å². The highest BCUT2D eigenvalue weighted by Crippen LogP contribution is 2.15. The van der Waals surface area contributed by atoms with E-state index >= 15 is 0 Å². The van der Waals surface area contributed by atoms with E-state index < -0.39 is 0 Å². The van der Waals surface area contributed by atoms with Crippen molar-refractivity contribution >= 4 is 12.6 Å². The summed E-state index contributed by atoms with van der Waals surface area (Å²) < 4.78 is 19.0. The maximum absolute atomic E-state index is 10.4. The van der Waals surface area contributed by atoms with Gasteiger partial charge in [-0.1, -0.05) is 167 Å². The molecular formula is C44H82O5. The third kappa shape index (κ3) is 39.3. The number of aldehydes is 2. The van der Waals surface area contributed by atoms with Crippen molar-refractivity contribution in [3.05, 3.63) is 24.3 Å². The van der Waals surface area contributed by atoms with Crippen molar-refractivity contribution in [2.45, 2.75) is 232 Å². The first-order valence-electron chi connectivity index (χ1n) is 21.4. The Morgan fingerprint density at radius 3 is 0.980 bits per heavy atom. The van der Waals surface area contributed by atoms with Crippen LogP contribution >= 0.6 is 0 Å². The van der Waals surface area contributed by atoms with E-state index in [0.29, 0.717) is 0 Å². The van der Waals surface area contributed by atoms with Crippen molar-refractivity contribution in [2.24, 2.45) is 0 Å². The Labute approximate surface area is 305 Å². The van der Waals surface area contributed by atoms with Gasteiger partial charge < -0.3 is 23.8 Å². The van der Waals surface area contributed by atoms with Gasteiger partial charge >= 0.3 is 0 Å². The number of hydrogen-bond acceptors (Lipinski definition) is 5. The van der Waals surface area contributed by atoms with Gasteiger partial charge in [0, 0.05) is 12.8 Å². The van der Waals surface area contributed by atoms with Crippen LogP contribution in [0.3, 0.4) is 0 Å². The van der Waals surface area contributed by atoms with Gasteiger partial charge in [-0.2, -0.15) is 0 Å². The van der Waals surface area contributed by atoms with Gasteiger partial charge in [-0.25, -0.2) is 0 Å². The molecule has 49 heavy (non-hydrogen) atoms. The molecule has 5 heteroatoms. The monoisotopic (exact) mass is 691 g/mol. The van der Waals surface area contributed by atoms with E-state index in [9.17, 15) is 9.59 Å². The molecule has 5 nitrogen and oxygen atoms in total. The first-order valence-corrected chi connectivity index (χ1v) is 21.4. The molecule has 0 aromatic heterocycles. The Morgan fingerprint density at radius 2 is 0.653 bits per heavy atom. The maximum atomic E-state index is 10.4. The lowest BCUT2D eigenvalue weighted by molar-refractivity contribution is -0.208. The van der Waals surface area contributed by atoms with E-state index in [-0.39, 0.29) is 12.6 Å². The van der Waals surface area contributed by atoms with Crippen LogP contribution in [-0.4, -0.2) is 38.4 Å². The molecule has 0 aromatic rings. The van der Waals surface area contributed by atoms with Crippen LogP contribution in [0.25, 0.3) is 0 Å². The van der Waals surface area contributed by atoms with Crippen molar-refractivity contribution in [1.29, 1.82) is 0 Å². The number of hydrogen-bond donors (Lipinski definition) is 0. The molecule has 2 unspecified atom stereocenters. The van der Waals surface area contributed by atoms with Gasteiger partial charge in [-0.05, 0) is 63.5 Å². The highest BCUT2D eigenvalue weighted by atomic mass is 16.8. The zero-order chi connectivity index (χ0) is 35.6. The molecule has 0 bridgehead atoms. The summed E-state index contributed by atoms with van der Waals surface area (Å²) in [6.07, 6.45) is 48.3. The molecular weight excluding hydrogens is 608 g/mol. The minimum absolute atomic E-state index is 0.376. The van der Waals surface area contributed by atoms with Gasteiger partial charge in [0.1, 0.15) is 12.6 Å². The highest BCUT2D eigenvalue weighted by Gasteiger charge is 2.13. The van der Waals surface area contributed by atoms with Crippen LogP contribution in [-0.2, 0) is 23.8 Å². The summed E-state index contributed by atoms with van der Waals surface area (Å²) in [6.45, 7) is 5.96. The van der Waals surface area contributed by atoms with Crippen LogP contribution in [0.4, 0.5) is 0 Å². The quantitative estimate of drug-likeness (QED) is 0.0276. The number of rotatable bonds is 42. The number of carbonyl (C=O) groups excluding carboxylic acids is 2. The van der Waals surface area contributed by atoms with Gasteiger partial charge in [0.2, 0.25) is 0 Å². The predicted molar refractivity (Wildman–Crippen MR) is 210 cm³/mol. The van der Waals surface area contributed by atoms with E-state index in [1.54, 1.807) is 0 Å². The molecule has 0 amide bonds. The van der Waals surface area contributed by atoms with Crippen LogP contribution in [0, 0.1) is 0 Å². The number of carbonyl (C=O) groups is 2. The summed E-state index contributed by atoms with van der Waals surface area (Å²) in [5, 5.41) is 0. The summed E-state index contributed by atoms with van der Waals surface area (Å²) in [7, 11) is 0. The minimum Gasteiger partial charge on any atom is -0.349 e. The Kier molecular flexibility index (Phi) is 41.7. The van der Waals surface area contributed by atoms with Crippen molar-refractivity contribution < 1.29 is 23.8 Å². The molecule has 0 saturated heterocycles. The zero-order valence-corrected chi connectivity index (χ0v) is 32.7. The van der Waals surface area contributed by atoms with Gasteiger partial charge in [0.15, 0.2) is 12.6 Å². The molecule has 0 radical (unpaired) electrons. The Morgan fingerprint density at radius 1 is 0.367 bits per heavy atom. The van der Waals surface area contributed by atoms with E-state index in [2.05, 4.69) is 38.2 Å². The smallest absolute Gasteiger partial charge is 0.180 e. The molecule has 0 fully saturated rings. The second-order valence-electron chi connectivity index (χ2n) is 14.2. The molecule has 0 N–H and O–H groups in total. The van der Waals surface area contributed by atoms with Gasteiger partial charge in [-0.3, -0.25) is 0 Å². The molecule has 0 rings (SSSR count). The fourth-order valence-electron chi connectivity index (χ4n) is 6.09. The Hall–Kier alpha value is -1.30. The zero-order valence-electron chi connectivity index (χ0n) is 32.7. The van der Waals surface area contributed by atoms with Gasteiger partial charge in [0.05, 0.1) is 13.2 Å². The summed E-state index contributed by atoms with van der Waals surface area (Å²) in [5.74, 6) is 0. The lowest BCUT2D eigenvalue weighted by atomic mass is 10.1. The van der Waals surface area contributed by atoms with Crippen molar-refractivity contribution in [3.8, 4) is 0 Å². The van der Waals surface area contributed by atoms with Gasteiger partial charge in [-0.15, -0.1) is 0 Å². The average molecular weight is 691 g/mol. The second-order valence-corrected chi connectivity index (χ2v) is 14.2. The number of allylic oxidation sites excluding steroid dienone is 2. The second kappa shape index (κ2) is 42.9. The SMILES string of the molecule is CCCCCCCOC(C=CCCCCCCCCCCCC=O)OC(C=CCCCCCCCCCCCC=O)OCCCCCCC. The highest BCUT2D eigenvalue weighted by molar-refractivity contribution is 5.49. The van der Waals surface area contributed by atoms with Crippen molar-refractivity contribution in [2.75, 3.05) is 13.2 Å². The van der Waals surface area contributed by atoms with Crippen molar-refractivity contribution in [3.63, 3.8) is 0 Å². The topological polar surface area (TPSA) is 61.8 Å². The molecule has 0 spiro atoms. The molecule has 0 aromatic carbocycles. The average Bonchev–Trinajstić information content (AvgIpc) is 3.11. The van der Waals surface area contributed by atoms with E-state index in [1.165, 1.54) is 154 Å². The Bertz CT molecular complexity index is 647. The van der Waals surface area contributed by atoms with Crippen LogP contribution in [0.5, 0.6) is 0 Å². The first kappa shape index (κ1) is 47.7. The van der Waals surface area contributed by atoms with E-state index in [1.807, 2.05) is 0 Å². The summed E-state index contributed by atoms with van der Waals surface area (Å²) in [4.78, 5) is 20.8. The minimum atomic E-state index is -0.376. The molecule has 2 atom stereocenters. The number of ether oxygens (including phenoxy) is 3. The van der Waals surface area contributed by atoms with E-state index in [4.69, 9.17) is 14.2 Å². The molecule has 288 valence electrons. The molecule has 0 aliphatic rings. The van der Waals surface area contributed by atoms with Crippen LogP contribution in [0.15, 0.2) is 24.3 Å². The third-order valence-electron chi connectivity index (χ3n) is 9.30.